The van der Waals surface area contributed by atoms with Crippen LogP contribution in [0.2, 0.25) is 0 Å². The Morgan fingerprint density at radius 1 is 1.00 bits per heavy atom. The molecule has 2 N–H and O–H groups in total. The quantitative estimate of drug-likeness (QED) is 0.473. The van der Waals surface area contributed by atoms with E-state index in [2.05, 4.69) is 5.32 Å². The summed E-state index contributed by atoms with van der Waals surface area (Å²) in [4.78, 5) is 54.0. The van der Waals surface area contributed by atoms with Crippen molar-refractivity contribution in [2.75, 3.05) is 7.11 Å². The number of nitrogens with zero attached hydrogens (tertiary/aromatic N) is 1. The number of methoxy groups -OCH3 is 1. The molecule has 2 aliphatic heterocycles. The minimum Gasteiger partial charge on any atom is -0.480 e. The summed E-state index contributed by atoms with van der Waals surface area (Å²) in [7, 11) is 1.30. The Morgan fingerprint density at radius 3 is 2.28 bits per heavy atom. The number of fused-ring (bicyclic) bond motifs is 1. The lowest BCUT2D eigenvalue weighted by atomic mass is 9.76. The number of imide groups is 1. The molecule has 36 heavy (non-hydrogen) atoms. The minimum atomic E-state index is -1.64. The first kappa shape index (κ1) is 24.2. The summed E-state index contributed by atoms with van der Waals surface area (Å²) in [6, 6.07) is 14.9. The van der Waals surface area contributed by atoms with Crippen LogP contribution >= 0.6 is 0 Å². The van der Waals surface area contributed by atoms with E-state index >= 15 is 0 Å². The molecule has 1 aliphatic carbocycles. The topological polar surface area (TPSA) is 113 Å². The van der Waals surface area contributed by atoms with Gasteiger partial charge in [-0.1, -0.05) is 61.7 Å². The van der Waals surface area contributed by atoms with E-state index in [4.69, 9.17) is 4.74 Å². The molecule has 8 heteroatoms. The first-order valence-corrected chi connectivity index (χ1v) is 12.5. The summed E-state index contributed by atoms with van der Waals surface area (Å²) >= 11 is 0. The maximum atomic E-state index is 13.9. The Bertz CT molecular complexity index is 1170. The number of carboxylic acid groups (broad SMARTS) is 1. The second kappa shape index (κ2) is 9.50. The van der Waals surface area contributed by atoms with Crippen molar-refractivity contribution in [1.29, 1.82) is 0 Å². The zero-order chi connectivity index (χ0) is 25.4. The first-order chi connectivity index (χ1) is 17.4. The molecule has 3 fully saturated rings. The number of rotatable bonds is 6. The van der Waals surface area contributed by atoms with Crippen molar-refractivity contribution in [2.24, 2.45) is 11.8 Å². The second-order valence-corrected chi connectivity index (χ2v) is 10.0. The van der Waals surface area contributed by atoms with E-state index in [-0.39, 0.29) is 18.4 Å². The number of hydrogen-bond donors (Lipinski definition) is 2. The van der Waals surface area contributed by atoms with Crippen LogP contribution < -0.4 is 5.32 Å². The van der Waals surface area contributed by atoms with Gasteiger partial charge < -0.3 is 9.84 Å². The van der Waals surface area contributed by atoms with Crippen molar-refractivity contribution in [3.63, 3.8) is 0 Å². The monoisotopic (exact) mass is 490 g/mol. The maximum absolute atomic E-state index is 13.9. The highest BCUT2D eigenvalue weighted by Crippen LogP contribution is 2.51. The average Bonchev–Trinajstić information content (AvgIpc) is 3.38. The van der Waals surface area contributed by atoms with Gasteiger partial charge in [-0.3, -0.25) is 24.6 Å². The Labute approximate surface area is 209 Å². The number of carboxylic acids is 1. The maximum Gasteiger partial charge on any atom is 0.337 e. The van der Waals surface area contributed by atoms with Crippen molar-refractivity contribution < 1.29 is 29.0 Å². The molecule has 2 amide bonds. The number of carbonyl (C=O) groups excluding carboxylic acids is 3. The lowest BCUT2D eigenvalue weighted by Crippen LogP contribution is -2.58. The summed E-state index contributed by atoms with van der Waals surface area (Å²) in [6.07, 6.45) is 4.54. The minimum absolute atomic E-state index is 0.0681. The van der Waals surface area contributed by atoms with Crippen LogP contribution in [0.3, 0.4) is 0 Å². The number of esters is 1. The SMILES string of the molecule is COC(=O)c1ccc(C2NC(Cc3ccccc3)(C(=O)O)C3C(=O)N(C4CCCCC4)C(=O)C23)cc1. The number of likely N-dealkylation sites (tertiary alicyclic amines) is 1. The normalized spacial score (nSPS) is 28.2. The van der Waals surface area contributed by atoms with Crippen LogP contribution in [0.5, 0.6) is 0 Å². The molecule has 2 aromatic rings. The summed E-state index contributed by atoms with van der Waals surface area (Å²) in [5.41, 5.74) is 0.125. The molecule has 3 aliphatic rings. The zero-order valence-corrected chi connectivity index (χ0v) is 20.2. The highest BCUT2D eigenvalue weighted by Gasteiger charge is 2.69. The van der Waals surface area contributed by atoms with Crippen LogP contribution in [0.25, 0.3) is 0 Å². The summed E-state index contributed by atoms with van der Waals surface area (Å²) < 4.78 is 4.78. The van der Waals surface area contributed by atoms with Crippen LogP contribution in [0, 0.1) is 11.8 Å². The van der Waals surface area contributed by atoms with Gasteiger partial charge in [0.15, 0.2) is 0 Å². The lowest BCUT2D eigenvalue weighted by molar-refractivity contribution is -0.152. The molecule has 0 bridgehead atoms. The second-order valence-electron chi connectivity index (χ2n) is 10.0. The van der Waals surface area contributed by atoms with Gasteiger partial charge in [0.1, 0.15) is 5.54 Å². The Morgan fingerprint density at radius 2 is 1.67 bits per heavy atom. The van der Waals surface area contributed by atoms with Gasteiger partial charge in [-0.05, 0) is 36.1 Å². The lowest BCUT2D eigenvalue weighted by Gasteiger charge is -2.34. The third-order valence-electron chi connectivity index (χ3n) is 8.03. The van der Waals surface area contributed by atoms with Crippen molar-refractivity contribution in [3.05, 3.63) is 71.3 Å². The molecule has 4 unspecified atom stereocenters. The number of aliphatic carboxylic acids is 1. The molecular weight excluding hydrogens is 460 g/mol. The van der Waals surface area contributed by atoms with E-state index in [1.54, 1.807) is 24.3 Å². The fourth-order valence-electron chi connectivity index (χ4n) is 6.31. The van der Waals surface area contributed by atoms with Crippen molar-refractivity contribution in [1.82, 2.24) is 10.2 Å². The van der Waals surface area contributed by atoms with Crippen LogP contribution in [0.4, 0.5) is 0 Å². The number of amides is 2. The highest BCUT2D eigenvalue weighted by atomic mass is 16.5. The fourth-order valence-corrected chi connectivity index (χ4v) is 6.31. The highest BCUT2D eigenvalue weighted by molar-refractivity contribution is 6.09. The van der Waals surface area contributed by atoms with Crippen LogP contribution in [-0.2, 0) is 25.5 Å². The number of ether oxygens (including phenoxy) is 1. The number of hydrogen-bond acceptors (Lipinski definition) is 6. The van der Waals surface area contributed by atoms with E-state index in [1.165, 1.54) is 12.0 Å². The largest absolute Gasteiger partial charge is 0.480 e. The average molecular weight is 491 g/mol. The molecule has 188 valence electrons. The van der Waals surface area contributed by atoms with Gasteiger partial charge in [0, 0.05) is 18.5 Å². The predicted molar refractivity (Wildman–Crippen MR) is 130 cm³/mol. The fraction of sp³-hybridized carbons (Fsp3) is 0.429. The zero-order valence-electron chi connectivity index (χ0n) is 20.2. The Hall–Kier alpha value is -3.52. The smallest absolute Gasteiger partial charge is 0.337 e. The number of nitrogens with one attached hydrogen (secondary N) is 1. The van der Waals surface area contributed by atoms with Gasteiger partial charge in [0.25, 0.3) is 0 Å². The van der Waals surface area contributed by atoms with E-state index in [1.807, 2.05) is 30.3 Å². The van der Waals surface area contributed by atoms with Gasteiger partial charge in [0.2, 0.25) is 11.8 Å². The standard InChI is InChI=1S/C28H30N2O6/c1-36-26(33)19-14-12-18(13-15-19)23-21-22(25(32)30(24(21)31)20-10-6-3-7-11-20)28(29-23,27(34)35)16-17-8-4-2-5-9-17/h2,4-5,8-9,12-15,20-23,29H,3,6-7,10-11,16H2,1H3,(H,34,35). The molecule has 1 saturated carbocycles. The van der Waals surface area contributed by atoms with Gasteiger partial charge in [-0.2, -0.15) is 0 Å². The molecule has 0 radical (unpaired) electrons. The third kappa shape index (κ3) is 3.89. The molecule has 2 aromatic carbocycles. The Balaban J connectivity index is 1.58. The van der Waals surface area contributed by atoms with Gasteiger partial charge in [-0.25, -0.2) is 4.79 Å². The molecule has 0 spiro atoms. The number of carbonyl (C=O) groups is 4. The summed E-state index contributed by atoms with van der Waals surface area (Å²) in [6.45, 7) is 0. The third-order valence-corrected chi connectivity index (χ3v) is 8.03. The molecule has 2 saturated heterocycles. The van der Waals surface area contributed by atoms with Crippen LogP contribution in [0.1, 0.15) is 59.6 Å². The van der Waals surface area contributed by atoms with Crippen LogP contribution in [0.15, 0.2) is 54.6 Å². The van der Waals surface area contributed by atoms with Gasteiger partial charge >= 0.3 is 11.9 Å². The van der Waals surface area contributed by atoms with Gasteiger partial charge in [-0.15, -0.1) is 0 Å². The van der Waals surface area contributed by atoms with E-state index in [9.17, 15) is 24.3 Å². The molecule has 0 aromatic heterocycles. The molecule has 5 rings (SSSR count). The predicted octanol–water partition coefficient (Wildman–Crippen LogP) is 3.12. The van der Waals surface area contributed by atoms with E-state index in [0.29, 0.717) is 11.1 Å². The summed E-state index contributed by atoms with van der Waals surface area (Å²) in [5.74, 6) is -4.21. The van der Waals surface area contributed by atoms with Crippen molar-refractivity contribution in [2.45, 2.75) is 56.1 Å². The molecular formula is C28H30N2O6. The Kier molecular flexibility index (Phi) is 6.38. The van der Waals surface area contributed by atoms with Crippen LogP contribution in [-0.4, -0.2) is 52.4 Å². The molecule has 8 nitrogen and oxygen atoms in total. The first-order valence-electron chi connectivity index (χ1n) is 12.5. The van der Waals surface area contributed by atoms with Gasteiger partial charge in [0.05, 0.1) is 24.5 Å². The van der Waals surface area contributed by atoms with Crippen molar-refractivity contribution >= 4 is 23.8 Å². The van der Waals surface area contributed by atoms with E-state index in [0.717, 1.165) is 37.7 Å². The molecule has 4 atom stereocenters. The van der Waals surface area contributed by atoms with E-state index < -0.39 is 41.3 Å². The number of benzene rings is 2. The molecule has 2 heterocycles. The summed E-state index contributed by atoms with van der Waals surface area (Å²) in [5, 5.41) is 13.8. The van der Waals surface area contributed by atoms with Crippen molar-refractivity contribution in [3.8, 4) is 0 Å².